The number of hydrogen-bond donors (Lipinski definition) is 3. The van der Waals surface area contributed by atoms with Crippen molar-refractivity contribution in [3.63, 3.8) is 0 Å². The third kappa shape index (κ3) is 11.0. The molecule has 2 aromatic carbocycles. The first kappa shape index (κ1) is 27.4. The second-order valence-electron chi connectivity index (χ2n) is 7.18. The Morgan fingerprint density at radius 2 is 1.87 bits per heavy atom. The molecule has 0 bridgehead atoms. The van der Waals surface area contributed by atoms with Crippen molar-refractivity contribution in [1.29, 1.82) is 0 Å². The number of guanidine groups is 1. The van der Waals surface area contributed by atoms with Gasteiger partial charge in [0.1, 0.15) is 5.75 Å². The lowest BCUT2D eigenvalue weighted by molar-refractivity contribution is 0.185. The fourth-order valence-corrected chi connectivity index (χ4v) is 3.85. The predicted molar refractivity (Wildman–Crippen MR) is 140 cm³/mol. The van der Waals surface area contributed by atoms with Crippen LogP contribution in [-0.2, 0) is 16.6 Å². The molecule has 0 saturated carbocycles. The molecular formula is C23H34IN3O3S. The van der Waals surface area contributed by atoms with Gasteiger partial charge in [-0.1, -0.05) is 42.5 Å². The van der Waals surface area contributed by atoms with Crippen LogP contribution in [0.4, 0.5) is 0 Å². The Morgan fingerprint density at radius 3 is 2.55 bits per heavy atom. The molecule has 0 radical (unpaired) electrons. The van der Waals surface area contributed by atoms with Crippen molar-refractivity contribution in [3.8, 4) is 5.75 Å². The van der Waals surface area contributed by atoms with Gasteiger partial charge in [-0.25, -0.2) is 0 Å². The number of aliphatic hydroxyl groups is 1. The van der Waals surface area contributed by atoms with Crippen LogP contribution in [0.15, 0.2) is 59.6 Å². The molecule has 2 aromatic rings. The van der Waals surface area contributed by atoms with Crippen LogP contribution in [0.2, 0.25) is 0 Å². The summed E-state index contributed by atoms with van der Waals surface area (Å²) in [5.74, 6) is 2.40. The molecule has 31 heavy (non-hydrogen) atoms. The first-order valence-electron chi connectivity index (χ1n) is 10.3. The quantitative estimate of drug-likeness (QED) is 0.223. The molecule has 3 N–H and O–H groups in total. The molecule has 0 fully saturated rings. The van der Waals surface area contributed by atoms with Gasteiger partial charge in [0.15, 0.2) is 5.96 Å². The van der Waals surface area contributed by atoms with Crippen molar-refractivity contribution in [3.05, 3.63) is 65.7 Å². The number of aliphatic imine (C=N–C) groups is 1. The second-order valence-corrected chi connectivity index (χ2v) is 8.75. The lowest BCUT2D eigenvalue weighted by Crippen LogP contribution is -2.39. The third-order valence-corrected chi connectivity index (χ3v) is 5.49. The van der Waals surface area contributed by atoms with Gasteiger partial charge in [0.25, 0.3) is 0 Å². The minimum atomic E-state index is -0.950. The molecule has 2 rings (SSSR count). The van der Waals surface area contributed by atoms with E-state index in [1.807, 2.05) is 75.4 Å². The zero-order chi connectivity index (χ0) is 21.8. The van der Waals surface area contributed by atoms with Crippen LogP contribution in [-0.4, -0.2) is 46.8 Å². The van der Waals surface area contributed by atoms with Crippen LogP contribution in [0.25, 0.3) is 0 Å². The molecule has 0 aromatic heterocycles. The molecule has 6 nitrogen and oxygen atoms in total. The van der Waals surface area contributed by atoms with Gasteiger partial charge in [0, 0.05) is 35.4 Å². The van der Waals surface area contributed by atoms with Crippen molar-refractivity contribution in [1.82, 2.24) is 10.6 Å². The van der Waals surface area contributed by atoms with E-state index in [2.05, 4.69) is 15.6 Å². The van der Waals surface area contributed by atoms with Crippen LogP contribution in [0, 0.1) is 0 Å². The highest BCUT2D eigenvalue weighted by Crippen LogP contribution is 2.20. The number of halogens is 1. The maximum Gasteiger partial charge on any atom is 0.191 e. The van der Waals surface area contributed by atoms with E-state index in [-0.39, 0.29) is 36.6 Å². The van der Waals surface area contributed by atoms with Gasteiger partial charge in [-0.05, 0) is 44.0 Å². The van der Waals surface area contributed by atoms with Gasteiger partial charge >= 0.3 is 0 Å². The molecule has 0 aliphatic heterocycles. The van der Waals surface area contributed by atoms with Gasteiger partial charge in [-0.3, -0.25) is 9.20 Å². The summed E-state index contributed by atoms with van der Waals surface area (Å²) in [6, 6.07) is 17.3. The summed E-state index contributed by atoms with van der Waals surface area (Å²) < 4.78 is 18.0. The lowest BCUT2D eigenvalue weighted by Gasteiger charge is -2.15. The minimum absolute atomic E-state index is 0. The molecular weight excluding hydrogens is 525 g/mol. The summed E-state index contributed by atoms with van der Waals surface area (Å²) in [6.07, 6.45) is -0.657. The van der Waals surface area contributed by atoms with Gasteiger partial charge < -0.3 is 20.5 Å². The minimum Gasteiger partial charge on any atom is -0.491 e. The van der Waals surface area contributed by atoms with E-state index < -0.39 is 16.9 Å². The maximum atomic E-state index is 12.3. The second kappa shape index (κ2) is 15.2. The predicted octanol–water partition coefficient (Wildman–Crippen LogP) is 3.63. The molecule has 0 spiro atoms. The highest BCUT2D eigenvalue weighted by Gasteiger charge is 2.10. The largest absolute Gasteiger partial charge is 0.491 e. The Kier molecular flexibility index (Phi) is 13.4. The van der Waals surface area contributed by atoms with Gasteiger partial charge in [-0.2, -0.15) is 0 Å². The van der Waals surface area contributed by atoms with Crippen LogP contribution < -0.4 is 15.4 Å². The van der Waals surface area contributed by atoms with Crippen molar-refractivity contribution in [2.75, 3.05) is 25.4 Å². The normalized spacial score (nSPS) is 13.3. The average Bonchev–Trinajstić information content (AvgIpc) is 2.72. The Balaban J connectivity index is 0.00000480. The SMILES string of the molecule is CCNC(=NCC(O)c1cccc(OC(C)C)c1)NCCS(=O)Cc1ccccc1.I. The zero-order valence-electron chi connectivity index (χ0n) is 18.4. The van der Waals surface area contributed by atoms with E-state index in [1.165, 1.54) is 0 Å². The summed E-state index contributed by atoms with van der Waals surface area (Å²) >= 11 is 0. The standard InChI is InChI=1S/C23H33N3O3S.HI/c1-4-24-23(25-13-14-30(28)17-19-9-6-5-7-10-19)26-16-22(27)20-11-8-12-21(15-20)29-18(2)3;/h5-12,15,18,22,27H,4,13-14,16-17H2,1-3H3,(H2,24,25,26);1H. The fourth-order valence-electron chi connectivity index (χ4n) is 2.81. The Morgan fingerprint density at radius 1 is 1.13 bits per heavy atom. The summed E-state index contributed by atoms with van der Waals surface area (Å²) in [5.41, 5.74) is 1.83. The van der Waals surface area contributed by atoms with E-state index in [4.69, 9.17) is 4.74 Å². The summed E-state index contributed by atoms with van der Waals surface area (Å²) in [4.78, 5) is 4.47. The van der Waals surface area contributed by atoms with Gasteiger partial charge in [-0.15, -0.1) is 24.0 Å². The highest BCUT2D eigenvalue weighted by molar-refractivity contribution is 14.0. The van der Waals surface area contributed by atoms with Crippen molar-refractivity contribution in [2.24, 2.45) is 4.99 Å². The van der Waals surface area contributed by atoms with Gasteiger partial charge in [0.2, 0.25) is 0 Å². The van der Waals surface area contributed by atoms with Crippen molar-refractivity contribution >= 4 is 40.7 Å². The van der Waals surface area contributed by atoms with Crippen molar-refractivity contribution < 1.29 is 14.1 Å². The number of ether oxygens (including phenoxy) is 1. The third-order valence-electron chi connectivity index (χ3n) is 4.17. The number of rotatable bonds is 11. The van der Waals surface area contributed by atoms with E-state index in [0.29, 0.717) is 30.6 Å². The Labute approximate surface area is 205 Å². The van der Waals surface area contributed by atoms with E-state index >= 15 is 0 Å². The molecule has 2 atom stereocenters. The van der Waals surface area contributed by atoms with Gasteiger partial charge in [0.05, 0.1) is 18.8 Å². The van der Waals surface area contributed by atoms with E-state index in [0.717, 1.165) is 16.9 Å². The molecule has 2 unspecified atom stereocenters. The van der Waals surface area contributed by atoms with Crippen molar-refractivity contribution in [2.45, 2.75) is 38.7 Å². The number of nitrogens with zero attached hydrogens (tertiary/aromatic N) is 1. The Bertz CT molecular complexity index is 819. The van der Waals surface area contributed by atoms with E-state index in [1.54, 1.807) is 0 Å². The first-order valence-corrected chi connectivity index (χ1v) is 11.8. The van der Waals surface area contributed by atoms with Crippen LogP contribution in [0.5, 0.6) is 5.75 Å². The molecule has 172 valence electrons. The Hall–Kier alpha value is -1.65. The number of nitrogens with one attached hydrogen (secondary N) is 2. The number of aliphatic hydroxyl groups excluding tert-OH is 1. The summed E-state index contributed by atoms with van der Waals surface area (Å²) in [6.45, 7) is 7.37. The maximum absolute atomic E-state index is 12.3. The monoisotopic (exact) mass is 559 g/mol. The molecule has 0 aliphatic rings. The first-order chi connectivity index (χ1) is 14.5. The average molecular weight is 560 g/mol. The van der Waals surface area contributed by atoms with E-state index in [9.17, 15) is 9.32 Å². The topological polar surface area (TPSA) is 83.0 Å². The smallest absolute Gasteiger partial charge is 0.191 e. The molecule has 8 heteroatoms. The summed E-state index contributed by atoms with van der Waals surface area (Å²) in [7, 11) is -0.950. The number of benzene rings is 2. The fraction of sp³-hybridized carbons (Fsp3) is 0.435. The molecule has 0 aliphatic carbocycles. The number of hydrogen-bond acceptors (Lipinski definition) is 4. The molecule has 0 amide bonds. The van der Waals surface area contributed by atoms with Crippen LogP contribution >= 0.6 is 24.0 Å². The van der Waals surface area contributed by atoms with Crippen LogP contribution in [0.3, 0.4) is 0 Å². The highest BCUT2D eigenvalue weighted by atomic mass is 127. The van der Waals surface area contributed by atoms with Crippen LogP contribution in [0.1, 0.15) is 38.0 Å². The lowest BCUT2D eigenvalue weighted by atomic mass is 10.1. The molecule has 0 saturated heterocycles. The zero-order valence-corrected chi connectivity index (χ0v) is 21.6. The summed E-state index contributed by atoms with van der Waals surface area (Å²) in [5, 5.41) is 16.9. The molecule has 0 heterocycles.